The molecule has 0 saturated heterocycles. The summed E-state index contributed by atoms with van der Waals surface area (Å²) in [6.07, 6.45) is 5.68. The van der Waals surface area contributed by atoms with Crippen LogP contribution < -0.4 is 10.9 Å². The van der Waals surface area contributed by atoms with E-state index in [2.05, 4.69) is 32.2 Å². The van der Waals surface area contributed by atoms with Crippen molar-refractivity contribution in [3.63, 3.8) is 0 Å². The van der Waals surface area contributed by atoms with E-state index in [9.17, 15) is 4.79 Å². The molecule has 24 heavy (non-hydrogen) atoms. The standard InChI is InChI=1S/C21H27NO2/c1-12-6-19-17(10-21(23)24-20(19)7-13(12)2)11-22-14(3)18-9-15-4-5-16(18)8-15/h6-7,10,14-16,18,22H,4-5,8-9,11H2,1-3H3/t14-,15+,16+,18-/m1/s1. The van der Waals surface area contributed by atoms with E-state index in [4.69, 9.17) is 4.42 Å². The molecule has 2 aliphatic carbocycles. The van der Waals surface area contributed by atoms with Gasteiger partial charge < -0.3 is 9.73 Å². The predicted molar refractivity (Wildman–Crippen MR) is 97.2 cm³/mol. The second-order valence-corrected chi connectivity index (χ2v) is 8.03. The van der Waals surface area contributed by atoms with Crippen molar-refractivity contribution in [3.8, 4) is 0 Å². The zero-order valence-electron chi connectivity index (χ0n) is 14.9. The van der Waals surface area contributed by atoms with E-state index < -0.39 is 0 Å². The first-order chi connectivity index (χ1) is 11.5. The third-order valence-electron chi connectivity index (χ3n) is 6.49. The van der Waals surface area contributed by atoms with E-state index >= 15 is 0 Å². The molecule has 4 rings (SSSR count). The molecule has 1 N–H and O–H groups in total. The summed E-state index contributed by atoms with van der Waals surface area (Å²) >= 11 is 0. The van der Waals surface area contributed by atoms with Gasteiger partial charge in [0.2, 0.25) is 0 Å². The topological polar surface area (TPSA) is 42.2 Å². The molecular weight excluding hydrogens is 298 g/mol. The molecule has 2 fully saturated rings. The van der Waals surface area contributed by atoms with Gasteiger partial charge in [-0.15, -0.1) is 0 Å². The fraction of sp³-hybridized carbons (Fsp3) is 0.571. The van der Waals surface area contributed by atoms with Crippen molar-refractivity contribution in [1.29, 1.82) is 0 Å². The second kappa shape index (κ2) is 6.03. The number of aryl methyl sites for hydroxylation is 2. The summed E-state index contributed by atoms with van der Waals surface area (Å²) in [5, 5.41) is 4.76. The van der Waals surface area contributed by atoms with Gasteiger partial charge in [-0.05, 0) is 86.6 Å². The number of benzene rings is 1. The van der Waals surface area contributed by atoms with Gasteiger partial charge >= 0.3 is 5.63 Å². The average molecular weight is 325 g/mol. The lowest BCUT2D eigenvalue weighted by molar-refractivity contribution is 0.259. The highest BCUT2D eigenvalue weighted by atomic mass is 16.4. The lowest BCUT2D eigenvalue weighted by Crippen LogP contribution is -2.36. The minimum absolute atomic E-state index is 0.255. The van der Waals surface area contributed by atoms with Crippen LogP contribution in [0.25, 0.3) is 11.0 Å². The van der Waals surface area contributed by atoms with Gasteiger partial charge in [0.25, 0.3) is 0 Å². The van der Waals surface area contributed by atoms with Crippen LogP contribution in [0.5, 0.6) is 0 Å². The third-order valence-corrected chi connectivity index (χ3v) is 6.49. The van der Waals surface area contributed by atoms with Gasteiger partial charge in [0.05, 0.1) is 0 Å². The van der Waals surface area contributed by atoms with Crippen molar-refractivity contribution in [2.24, 2.45) is 17.8 Å². The summed E-state index contributed by atoms with van der Waals surface area (Å²) in [7, 11) is 0. The molecule has 0 spiro atoms. The monoisotopic (exact) mass is 325 g/mol. The van der Waals surface area contributed by atoms with Gasteiger partial charge in [0, 0.05) is 24.0 Å². The lowest BCUT2D eigenvalue weighted by Gasteiger charge is -2.28. The Morgan fingerprint density at radius 1 is 1.17 bits per heavy atom. The third kappa shape index (κ3) is 2.79. The van der Waals surface area contributed by atoms with Crippen LogP contribution in [0, 0.1) is 31.6 Å². The summed E-state index contributed by atoms with van der Waals surface area (Å²) < 4.78 is 5.40. The Hall–Kier alpha value is -1.61. The molecule has 0 amide bonds. The first-order valence-electron chi connectivity index (χ1n) is 9.28. The molecule has 0 aliphatic heterocycles. The number of nitrogens with one attached hydrogen (secondary N) is 1. The normalized spacial score (nSPS) is 27.0. The zero-order valence-corrected chi connectivity index (χ0v) is 14.9. The zero-order chi connectivity index (χ0) is 16.8. The summed E-state index contributed by atoms with van der Waals surface area (Å²) in [4.78, 5) is 11.9. The second-order valence-electron chi connectivity index (χ2n) is 8.03. The highest BCUT2D eigenvalue weighted by Gasteiger charge is 2.41. The van der Waals surface area contributed by atoms with E-state index in [1.165, 1.54) is 31.2 Å². The summed E-state index contributed by atoms with van der Waals surface area (Å²) in [6.45, 7) is 7.21. The molecule has 1 aromatic carbocycles. The molecule has 3 nitrogen and oxygen atoms in total. The minimum Gasteiger partial charge on any atom is -0.423 e. The lowest BCUT2D eigenvalue weighted by atomic mass is 9.84. The van der Waals surface area contributed by atoms with Gasteiger partial charge in [0.1, 0.15) is 5.58 Å². The maximum absolute atomic E-state index is 11.9. The summed E-state index contributed by atoms with van der Waals surface area (Å²) in [5.74, 6) is 2.69. The van der Waals surface area contributed by atoms with Gasteiger partial charge in [-0.2, -0.15) is 0 Å². The van der Waals surface area contributed by atoms with Crippen LogP contribution in [0.1, 0.15) is 49.3 Å². The van der Waals surface area contributed by atoms with Gasteiger partial charge in [-0.1, -0.05) is 6.42 Å². The van der Waals surface area contributed by atoms with E-state index in [1.54, 1.807) is 6.07 Å². The fourth-order valence-corrected chi connectivity index (χ4v) is 4.96. The molecule has 2 aromatic rings. The molecule has 0 radical (unpaired) electrons. The maximum Gasteiger partial charge on any atom is 0.336 e. The molecule has 1 aromatic heterocycles. The smallest absolute Gasteiger partial charge is 0.336 e. The van der Waals surface area contributed by atoms with Gasteiger partial charge in [-0.25, -0.2) is 4.79 Å². The van der Waals surface area contributed by atoms with Crippen LogP contribution in [-0.4, -0.2) is 6.04 Å². The van der Waals surface area contributed by atoms with Crippen molar-refractivity contribution in [3.05, 3.63) is 45.3 Å². The first-order valence-corrected chi connectivity index (χ1v) is 9.28. The Morgan fingerprint density at radius 2 is 1.96 bits per heavy atom. The fourth-order valence-electron chi connectivity index (χ4n) is 4.96. The average Bonchev–Trinajstić information content (AvgIpc) is 3.17. The van der Waals surface area contributed by atoms with Crippen LogP contribution in [0.15, 0.2) is 27.4 Å². The number of fused-ring (bicyclic) bond motifs is 3. The van der Waals surface area contributed by atoms with Crippen molar-refractivity contribution < 1.29 is 4.42 Å². The summed E-state index contributed by atoms with van der Waals surface area (Å²) in [6, 6.07) is 6.29. The Labute approximate surface area is 143 Å². The molecule has 2 saturated carbocycles. The van der Waals surface area contributed by atoms with Gasteiger partial charge in [0.15, 0.2) is 0 Å². The first kappa shape index (κ1) is 15.9. The van der Waals surface area contributed by atoms with Crippen molar-refractivity contribution in [2.75, 3.05) is 0 Å². The van der Waals surface area contributed by atoms with Crippen LogP contribution in [0.4, 0.5) is 0 Å². The van der Waals surface area contributed by atoms with E-state index in [0.717, 1.165) is 40.8 Å². The van der Waals surface area contributed by atoms with Crippen molar-refractivity contribution >= 4 is 11.0 Å². The quantitative estimate of drug-likeness (QED) is 0.851. The number of rotatable bonds is 4. The highest BCUT2D eigenvalue weighted by Crippen LogP contribution is 2.49. The Kier molecular flexibility index (Phi) is 4.00. The highest BCUT2D eigenvalue weighted by molar-refractivity contribution is 5.81. The van der Waals surface area contributed by atoms with E-state index in [1.807, 2.05) is 6.07 Å². The van der Waals surface area contributed by atoms with Crippen molar-refractivity contribution in [1.82, 2.24) is 5.32 Å². The minimum atomic E-state index is -0.255. The molecule has 0 unspecified atom stereocenters. The molecule has 128 valence electrons. The van der Waals surface area contributed by atoms with Crippen LogP contribution >= 0.6 is 0 Å². The van der Waals surface area contributed by atoms with E-state index in [-0.39, 0.29) is 5.63 Å². The molecule has 3 heteroatoms. The number of hydrogen-bond acceptors (Lipinski definition) is 3. The van der Waals surface area contributed by atoms with Crippen LogP contribution in [0.2, 0.25) is 0 Å². The molecule has 1 heterocycles. The van der Waals surface area contributed by atoms with E-state index in [0.29, 0.717) is 11.6 Å². The Balaban J connectivity index is 1.56. The molecule has 4 atom stereocenters. The van der Waals surface area contributed by atoms with Gasteiger partial charge in [-0.3, -0.25) is 0 Å². The van der Waals surface area contributed by atoms with Crippen LogP contribution in [0.3, 0.4) is 0 Å². The maximum atomic E-state index is 11.9. The largest absolute Gasteiger partial charge is 0.423 e. The van der Waals surface area contributed by atoms with Crippen LogP contribution in [-0.2, 0) is 6.54 Å². The Morgan fingerprint density at radius 3 is 2.67 bits per heavy atom. The molecule has 2 bridgehead atoms. The Bertz CT molecular complexity index is 822. The predicted octanol–water partition coefficient (Wildman–Crippen LogP) is 4.32. The summed E-state index contributed by atoms with van der Waals surface area (Å²) in [5.41, 5.74) is 3.90. The SMILES string of the molecule is Cc1cc2oc(=O)cc(CN[C@H](C)[C@H]3C[C@H]4CC[C@H]3C4)c2cc1C. The van der Waals surface area contributed by atoms with Crippen molar-refractivity contribution in [2.45, 2.75) is 59.0 Å². The molecule has 2 aliphatic rings. The molecular formula is C21H27NO2. The number of hydrogen-bond donors (Lipinski definition) is 1.